The molecule has 1 N–H and O–H groups in total. The van der Waals surface area contributed by atoms with Crippen LogP contribution < -0.4 is 5.32 Å². The van der Waals surface area contributed by atoms with Crippen molar-refractivity contribution < 1.29 is 13.2 Å². The van der Waals surface area contributed by atoms with Crippen LogP contribution in [0.4, 0.5) is 0 Å². The first-order valence-corrected chi connectivity index (χ1v) is 11.1. The van der Waals surface area contributed by atoms with Crippen molar-refractivity contribution in [1.82, 2.24) is 9.62 Å². The van der Waals surface area contributed by atoms with Gasteiger partial charge < -0.3 is 5.32 Å². The van der Waals surface area contributed by atoms with E-state index in [-0.39, 0.29) is 16.8 Å². The van der Waals surface area contributed by atoms with Crippen LogP contribution in [0.25, 0.3) is 0 Å². The number of sulfonamides is 1. The number of amides is 1. The molecular formula is C22H27N3O3S. The van der Waals surface area contributed by atoms with Crippen LogP contribution in [0.5, 0.6) is 0 Å². The molecular weight excluding hydrogens is 386 g/mol. The highest BCUT2D eigenvalue weighted by molar-refractivity contribution is 7.89. The number of hydrogen-bond acceptors (Lipinski definition) is 4. The second-order valence-electron chi connectivity index (χ2n) is 6.76. The van der Waals surface area contributed by atoms with E-state index < -0.39 is 10.0 Å². The largest absolute Gasteiger partial charge is 0.350 e. The summed E-state index contributed by atoms with van der Waals surface area (Å²) in [5.41, 5.74) is 2.42. The van der Waals surface area contributed by atoms with Crippen LogP contribution in [0.3, 0.4) is 0 Å². The normalized spacial score (nSPS) is 12.4. The van der Waals surface area contributed by atoms with Crippen LogP contribution in [0.15, 0.2) is 53.4 Å². The van der Waals surface area contributed by atoms with Crippen LogP contribution in [-0.4, -0.2) is 31.7 Å². The van der Waals surface area contributed by atoms with Crippen molar-refractivity contribution in [2.75, 3.05) is 13.1 Å². The van der Waals surface area contributed by atoms with Crippen molar-refractivity contribution in [2.24, 2.45) is 0 Å². The Balaban J connectivity index is 1.92. The SMILES string of the molecule is CCN(CC)S(=O)(=O)c1ccc(CCC(=O)NC(C)c2ccc(C#N)cc2)cc1. The number of carbonyl (C=O) groups excluding carboxylic acids is 1. The summed E-state index contributed by atoms with van der Waals surface area (Å²) >= 11 is 0. The summed E-state index contributed by atoms with van der Waals surface area (Å²) in [4.78, 5) is 12.5. The van der Waals surface area contributed by atoms with E-state index in [1.807, 2.05) is 32.9 Å². The summed E-state index contributed by atoms with van der Waals surface area (Å²) in [6, 6.07) is 15.7. The summed E-state index contributed by atoms with van der Waals surface area (Å²) < 4.78 is 26.4. The number of hydrogen-bond donors (Lipinski definition) is 1. The van der Waals surface area contributed by atoms with Crippen molar-refractivity contribution >= 4 is 15.9 Å². The number of nitrogens with one attached hydrogen (secondary N) is 1. The molecule has 2 aromatic rings. The quantitative estimate of drug-likeness (QED) is 0.682. The Bertz CT molecular complexity index is 958. The number of nitriles is 1. The summed E-state index contributed by atoms with van der Waals surface area (Å²) in [5.74, 6) is -0.0818. The maximum Gasteiger partial charge on any atom is 0.243 e. The molecule has 0 fully saturated rings. The number of rotatable bonds is 9. The summed E-state index contributed by atoms with van der Waals surface area (Å²) in [5, 5.41) is 11.8. The van der Waals surface area contributed by atoms with Gasteiger partial charge in [-0.1, -0.05) is 38.1 Å². The number of aryl methyl sites for hydroxylation is 1. The highest BCUT2D eigenvalue weighted by Crippen LogP contribution is 2.17. The lowest BCUT2D eigenvalue weighted by Gasteiger charge is -2.18. The van der Waals surface area contributed by atoms with Gasteiger partial charge in [0.15, 0.2) is 0 Å². The number of carbonyl (C=O) groups is 1. The first-order valence-electron chi connectivity index (χ1n) is 9.70. The molecule has 0 aliphatic heterocycles. The molecule has 1 unspecified atom stereocenters. The molecule has 29 heavy (non-hydrogen) atoms. The van der Waals surface area contributed by atoms with Crippen molar-refractivity contribution in [2.45, 2.75) is 44.6 Å². The molecule has 0 spiro atoms. The second kappa shape index (κ2) is 10.2. The van der Waals surface area contributed by atoms with Crippen molar-refractivity contribution in [3.63, 3.8) is 0 Å². The van der Waals surface area contributed by atoms with Crippen LogP contribution in [-0.2, 0) is 21.2 Å². The fourth-order valence-corrected chi connectivity index (χ4v) is 4.50. The lowest BCUT2D eigenvalue weighted by molar-refractivity contribution is -0.121. The van der Waals surface area contributed by atoms with Gasteiger partial charge in [-0.15, -0.1) is 0 Å². The fourth-order valence-electron chi connectivity index (χ4n) is 3.04. The van der Waals surface area contributed by atoms with Gasteiger partial charge in [0, 0.05) is 19.5 Å². The standard InChI is InChI=1S/C22H27N3O3S/c1-4-25(5-2)29(27,28)21-13-8-18(9-14-21)10-15-22(26)24-17(3)20-11-6-19(16-23)7-12-20/h6-9,11-14,17H,4-5,10,15H2,1-3H3,(H,24,26). The first kappa shape index (κ1) is 22.6. The molecule has 1 atom stereocenters. The van der Waals surface area contributed by atoms with E-state index in [4.69, 9.17) is 5.26 Å². The van der Waals surface area contributed by atoms with Gasteiger partial charge in [-0.3, -0.25) is 4.79 Å². The van der Waals surface area contributed by atoms with E-state index >= 15 is 0 Å². The highest BCUT2D eigenvalue weighted by atomic mass is 32.2. The first-order chi connectivity index (χ1) is 13.8. The third-order valence-corrected chi connectivity index (χ3v) is 6.89. The third-order valence-electron chi connectivity index (χ3n) is 4.82. The van der Waals surface area contributed by atoms with Gasteiger partial charge in [-0.25, -0.2) is 8.42 Å². The molecule has 0 aromatic heterocycles. The predicted molar refractivity (Wildman–Crippen MR) is 113 cm³/mol. The van der Waals surface area contributed by atoms with Crippen molar-refractivity contribution in [1.29, 1.82) is 5.26 Å². The van der Waals surface area contributed by atoms with Crippen LogP contribution in [0.2, 0.25) is 0 Å². The zero-order chi connectivity index (χ0) is 21.4. The Kier molecular flexibility index (Phi) is 7.94. The Morgan fingerprint density at radius 1 is 1.07 bits per heavy atom. The molecule has 7 heteroatoms. The van der Waals surface area contributed by atoms with E-state index in [0.29, 0.717) is 31.5 Å². The monoisotopic (exact) mass is 413 g/mol. The van der Waals surface area contributed by atoms with E-state index in [1.165, 1.54) is 4.31 Å². The second-order valence-corrected chi connectivity index (χ2v) is 8.69. The van der Waals surface area contributed by atoms with Gasteiger partial charge in [0.2, 0.25) is 15.9 Å². The van der Waals surface area contributed by atoms with Crippen LogP contribution in [0.1, 0.15) is 49.9 Å². The maximum atomic E-state index is 12.5. The van der Waals surface area contributed by atoms with Crippen molar-refractivity contribution in [3.05, 3.63) is 65.2 Å². The van der Waals surface area contributed by atoms with Gasteiger partial charge >= 0.3 is 0 Å². The summed E-state index contributed by atoms with van der Waals surface area (Å²) in [6.45, 7) is 6.38. The molecule has 0 bridgehead atoms. The predicted octanol–water partition coefficient (Wildman–Crippen LogP) is 3.40. The smallest absolute Gasteiger partial charge is 0.243 e. The highest BCUT2D eigenvalue weighted by Gasteiger charge is 2.21. The molecule has 0 aliphatic carbocycles. The molecule has 154 valence electrons. The van der Waals surface area contributed by atoms with Gasteiger partial charge in [-0.05, 0) is 48.7 Å². The van der Waals surface area contributed by atoms with Gasteiger partial charge in [0.25, 0.3) is 0 Å². The molecule has 0 radical (unpaired) electrons. The molecule has 2 rings (SSSR count). The zero-order valence-electron chi connectivity index (χ0n) is 17.1. The maximum absolute atomic E-state index is 12.5. The van der Waals surface area contributed by atoms with E-state index in [1.54, 1.807) is 36.4 Å². The Morgan fingerprint density at radius 2 is 1.66 bits per heavy atom. The van der Waals surface area contributed by atoms with Gasteiger partial charge in [-0.2, -0.15) is 9.57 Å². The minimum atomic E-state index is -3.47. The average molecular weight is 414 g/mol. The van der Waals surface area contributed by atoms with E-state index in [2.05, 4.69) is 11.4 Å². The number of nitrogens with zero attached hydrogens (tertiary/aromatic N) is 2. The molecule has 0 saturated carbocycles. The zero-order valence-corrected chi connectivity index (χ0v) is 17.9. The van der Waals surface area contributed by atoms with E-state index in [0.717, 1.165) is 11.1 Å². The minimum Gasteiger partial charge on any atom is -0.350 e. The number of benzene rings is 2. The molecule has 2 aromatic carbocycles. The Labute approximate surface area is 173 Å². The van der Waals surface area contributed by atoms with Crippen LogP contribution >= 0.6 is 0 Å². The average Bonchev–Trinajstić information content (AvgIpc) is 2.73. The van der Waals surface area contributed by atoms with Crippen molar-refractivity contribution in [3.8, 4) is 6.07 Å². The molecule has 1 amide bonds. The lowest BCUT2D eigenvalue weighted by Crippen LogP contribution is -2.30. The molecule has 6 nitrogen and oxygen atoms in total. The molecule has 0 heterocycles. The fraction of sp³-hybridized carbons (Fsp3) is 0.364. The topological polar surface area (TPSA) is 90.3 Å². The van der Waals surface area contributed by atoms with Crippen LogP contribution in [0, 0.1) is 11.3 Å². The summed E-state index contributed by atoms with van der Waals surface area (Å²) in [6.07, 6.45) is 0.834. The Hall–Kier alpha value is -2.69. The van der Waals surface area contributed by atoms with E-state index in [9.17, 15) is 13.2 Å². The molecule has 0 saturated heterocycles. The summed E-state index contributed by atoms with van der Waals surface area (Å²) in [7, 11) is -3.47. The van der Waals surface area contributed by atoms with Gasteiger partial charge in [0.05, 0.1) is 22.6 Å². The molecule has 0 aliphatic rings. The lowest BCUT2D eigenvalue weighted by atomic mass is 10.1. The van der Waals surface area contributed by atoms with Gasteiger partial charge in [0.1, 0.15) is 0 Å². The Morgan fingerprint density at radius 3 is 2.17 bits per heavy atom. The minimum absolute atomic E-state index is 0.0818. The third kappa shape index (κ3) is 5.89.